The van der Waals surface area contributed by atoms with Gasteiger partial charge >= 0.3 is 5.97 Å². The molecule has 3 rings (SSSR count). The number of hydrogen-bond donors (Lipinski definition) is 0. The number of benzene rings is 2. The van der Waals surface area contributed by atoms with Crippen molar-refractivity contribution in [3.63, 3.8) is 0 Å². The van der Waals surface area contributed by atoms with Gasteiger partial charge in [-0.3, -0.25) is 14.9 Å². The Morgan fingerprint density at radius 2 is 1.90 bits per heavy atom. The van der Waals surface area contributed by atoms with Gasteiger partial charge < -0.3 is 4.74 Å². The number of rotatable bonds is 6. The van der Waals surface area contributed by atoms with Crippen LogP contribution in [0.5, 0.6) is 5.88 Å². The molecule has 9 heteroatoms. The molecule has 0 saturated carbocycles. The molecule has 0 atom stereocenters. The van der Waals surface area contributed by atoms with Gasteiger partial charge in [0.15, 0.2) is 0 Å². The molecule has 0 saturated heterocycles. The van der Waals surface area contributed by atoms with E-state index in [9.17, 15) is 19.7 Å². The van der Waals surface area contributed by atoms with Crippen LogP contribution in [0, 0.1) is 17.0 Å². The monoisotopic (exact) mass is 425 g/mol. The van der Waals surface area contributed by atoms with E-state index in [0.29, 0.717) is 5.69 Å². The molecule has 2 aromatic carbocycles. The lowest BCUT2D eigenvalue weighted by molar-refractivity contribution is -0.384. The average Bonchev–Trinajstić information content (AvgIpc) is 2.99. The Balaban J connectivity index is 1.90. The largest absolute Gasteiger partial charge is 0.404 e. The maximum atomic E-state index is 13.0. The van der Waals surface area contributed by atoms with Crippen LogP contribution in [0.4, 0.5) is 5.69 Å². The SMILES string of the molecule is Cc1nn(C)c(OC(=O)C=Cc2ccccc2)c1C(=O)c1ccc([N+](=O)[O-])cc1Cl. The molecule has 3 aromatic rings. The summed E-state index contributed by atoms with van der Waals surface area (Å²) in [5.41, 5.74) is 0.985. The topological polar surface area (TPSA) is 104 Å². The molecule has 0 bridgehead atoms. The van der Waals surface area contributed by atoms with Crippen molar-refractivity contribution in [2.45, 2.75) is 6.92 Å². The third kappa shape index (κ3) is 4.44. The number of nitro groups is 1. The predicted octanol–water partition coefficient (Wildman–Crippen LogP) is 4.14. The van der Waals surface area contributed by atoms with Gasteiger partial charge in [0.2, 0.25) is 11.7 Å². The van der Waals surface area contributed by atoms with Crippen LogP contribution in [0.3, 0.4) is 0 Å². The van der Waals surface area contributed by atoms with Gasteiger partial charge in [0, 0.05) is 30.8 Å². The van der Waals surface area contributed by atoms with E-state index in [-0.39, 0.29) is 27.7 Å². The number of non-ortho nitro benzene ring substituents is 1. The summed E-state index contributed by atoms with van der Waals surface area (Å²) in [6.45, 7) is 1.59. The first kappa shape index (κ1) is 20.9. The third-order valence-electron chi connectivity index (χ3n) is 4.21. The minimum absolute atomic E-state index is 0.0375. The summed E-state index contributed by atoms with van der Waals surface area (Å²) >= 11 is 6.08. The van der Waals surface area contributed by atoms with E-state index in [1.807, 2.05) is 30.3 Å². The summed E-state index contributed by atoms with van der Waals surface area (Å²) in [6.07, 6.45) is 2.82. The van der Waals surface area contributed by atoms with Crippen molar-refractivity contribution in [2.75, 3.05) is 0 Å². The van der Waals surface area contributed by atoms with Gasteiger partial charge in [0.05, 0.1) is 15.6 Å². The predicted molar refractivity (Wildman–Crippen MR) is 111 cm³/mol. The minimum atomic E-state index is -0.689. The number of carbonyl (C=O) groups excluding carboxylic acids is 2. The van der Waals surface area contributed by atoms with E-state index < -0.39 is 16.7 Å². The van der Waals surface area contributed by atoms with Crippen molar-refractivity contribution in [3.8, 4) is 5.88 Å². The number of aromatic nitrogens is 2. The molecule has 8 nitrogen and oxygen atoms in total. The molecule has 0 aliphatic rings. The zero-order valence-corrected chi connectivity index (χ0v) is 16.8. The van der Waals surface area contributed by atoms with Crippen molar-refractivity contribution in [1.29, 1.82) is 0 Å². The van der Waals surface area contributed by atoms with Crippen molar-refractivity contribution >= 4 is 35.1 Å². The fourth-order valence-corrected chi connectivity index (χ4v) is 3.07. The molecule has 0 aliphatic carbocycles. The second-order valence-corrected chi connectivity index (χ2v) is 6.71. The molecule has 30 heavy (non-hydrogen) atoms. The fourth-order valence-electron chi connectivity index (χ4n) is 2.81. The highest BCUT2D eigenvalue weighted by atomic mass is 35.5. The van der Waals surface area contributed by atoms with Crippen molar-refractivity contribution in [1.82, 2.24) is 9.78 Å². The average molecular weight is 426 g/mol. The molecule has 0 N–H and O–H groups in total. The normalized spacial score (nSPS) is 10.9. The van der Waals surface area contributed by atoms with Gasteiger partial charge in [-0.15, -0.1) is 0 Å². The fraction of sp³-hybridized carbons (Fsp3) is 0.0952. The lowest BCUT2D eigenvalue weighted by Crippen LogP contribution is -2.12. The molecule has 0 unspecified atom stereocenters. The zero-order chi connectivity index (χ0) is 21.8. The lowest BCUT2D eigenvalue weighted by Gasteiger charge is -2.07. The van der Waals surface area contributed by atoms with Crippen molar-refractivity contribution in [2.24, 2.45) is 7.05 Å². The number of aryl methyl sites for hydroxylation is 2. The van der Waals surface area contributed by atoms with Crippen LogP contribution >= 0.6 is 11.6 Å². The summed E-state index contributed by atoms with van der Waals surface area (Å²) in [4.78, 5) is 35.6. The lowest BCUT2D eigenvalue weighted by atomic mass is 10.0. The number of esters is 1. The Hall–Kier alpha value is -3.78. The van der Waals surface area contributed by atoms with E-state index in [1.54, 1.807) is 13.0 Å². The molecule has 0 aliphatic heterocycles. The molecule has 0 spiro atoms. The summed E-state index contributed by atoms with van der Waals surface area (Å²) in [7, 11) is 1.53. The van der Waals surface area contributed by atoms with Crippen LogP contribution in [-0.4, -0.2) is 26.5 Å². The second kappa shape index (κ2) is 8.71. The van der Waals surface area contributed by atoms with E-state index in [4.69, 9.17) is 16.3 Å². The van der Waals surface area contributed by atoms with Crippen molar-refractivity contribution < 1.29 is 19.2 Å². The Morgan fingerprint density at radius 3 is 2.53 bits per heavy atom. The summed E-state index contributed by atoms with van der Waals surface area (Å²) in [5, 5.41) is 14.9. The van der Waals surface area contributed by atoms with Gasteiger partial charge in [-0.05, 0) is 24.6 Å². The number of carbonyl (C=O) groups is 2. The molecule has 0 radical (unpaired) electrons. The van der Waals surface area contributed by atoms with Gasteiger partial charge in [-0.2, -0.15) is 5.10 Å². The van der Waals surface area contributed by atoms with Gasteiger partial charge in [-0.25, -0.2) is 9.48 Å². The van der Waals surface area contributed by atoms with Crippen LogP contribution in [0.15, 0.2) is 54.6 Å². The Bertz CT molecular complexity index is 1170. The van der Waals surface area contributed by atoms with Gasteiger partial charge in [0.25, 0.3) is 5.69 Å². The Kier molecular flexibility index (Phi) is 6.08. The van der Waals surface area contributed by atoms with Crippen LogP contribution < -0.4 is 4.74 Å². The van der Waals surface area contributed by atoms with E-state index in [2.05, 4.69) is 5.10 Å². The quantitative estimate of drug-likeness (QED) is 0.193. The molecule has 1 heterocycles. The summed E-state index contributed by atoms with van der Waals surface area (Å²) in [6, 6.07) is 12.7. The number of halogens is 1. The highest BCUT2D eigenvalue weighted by Crippen LogP contribution is 2.30. The Labute approximate surface area is 176 Å². The van der Waals surface area contributed by atoms with Crippen LogP contribution in [0.2, 0.25) is 5.02 Å². The molecule has 0 fully saturated rings. The minimum Gasteiger partial charge on any atom is -0.404 e. The molecular formula is C21H16ClN3O5. The van der Waals surface area contributed by atoms with Gasteiger partial charge in [0.1, 0.15) is 5.56 Å². The number of ketones is 1. The van der Waals surface area contributed by atoms with Crippen LogP contribution in [-0.2, 0) is 11.8 Å². The maximum absolute atomic E-state index is 13.0. The second-order valence-electron chi connectivity index (χ2n) is 6.30. The molecular weight excluding hydrogens is 410 g/mol. The Morgan fingerprint density at radius 1 is 1.20 bits per heavy atom. The maximum Gasteiger partial charge on any atom is 0.337 e. The first-order valence-electron chi connectivity index (χ1n) is 8.75. The van der Waals surface area contributed by atoms with E-state index in [1.165, 1.54) is 29.9 Å². The molecule has 1 aromatic heterocycles. The third-order valence-corrected chi connectivity index (χ3v) is 4.53. The van der Waals surface area contributed by atoms with E-state index in [0.717, 1.165) is 11.6 Å². The molecule has 0 amide bonds. The zero-order valence-electron chi connectivity index (χ0n) is 16.0. The van der Waals surface area contributed by atoms with Crippen LogP contribution in [0.1, 0.15) is 27.2 Å². The number of nitrogens with zero attached hydrogens (tertiary/aromatic N) is 3. The number of ether oxygens (including phenoxy) is 1. The van der Waals surface area contributed by atoms with Gasteiger partial charge in [-0.1, -0.05) is 41.9 Å². The summed E-state index contributed by atoms with van der Waals surface area (Å²) < 4.78 is 6.64. The van der Waals surface area contributed by atoms with Crippen LogP contribution in [0.25, 0.3) is 6.08 Å². The first-order valence-corrected chi connectivity index (χ1v) is 9.13. The van der Waals surface area contributed by atoms with Crippen molar-refractivity contribution in [3.05, 3.63) is 92.1 Å². The molecule has 152 valence electrons. The smallest absolute Gasteiger partial charge is 0.337 e. The summed E-state index contributed by atoms with van der Waals surface area (Å²) in [5.74, 6) is -1.30. The number of nitro benzene ring substituents is 1. The first-order chi connectivity index (χ1) is 14.3. The number of hydrogen-bond acceptors (Lipinski definition) is 6. The highest BCUT2D eigenvalue weighted by Gasteiger charge is 2.26. The highest BCUT2D eigenvalue weighted by molar-refractivity contribution is 6.35. The standard InChI is InChI=1S/C21H16ClN3O5/c1-13-19(20(27)16-10-9-15(25(28)29)12-17(16)22)21(24(2)23-13)30-18(26)11-8-14-6-4-3-5-7-14/h3-12H,1-2H3. The van der Waals surface area contributed by atoms with E-state index >= 15 is 0 Å².